The highest BCUT2D eigenvalue weighted by Crippen LogP contribution is 2.31. The van der Waals surface area contributed by atoms with E-state index in [0.717, 1.165) is 23.6 Å². The fourth-order valence-corrected chi connectivity index (χ4v) is 2.76. The summed E-state index contributed by atoms with van der Waals surface area (Å²) in [5.74, 6) is 1.64. The number of ether oxygens (including phenoxy) is 2. The van der Waals surface area contributed by atoms with Crippen molar-refractivity contribution in [1.29, 1.82) is 0 Å². The molecule has 0 spiro atoms. The molecule has 2 heterocycles. The van der Waals surface area contributed by atoms with Crippen LogP contribution in [0.3, 0.4) is 0 Å². The van der Waals surface area contributed by atoms with E-state index in [4.69, 9.17) is 9.47 Å². The summed E-state index contributed by atoms with van der Waals surface area (Å²) in [6.45, 7) is 3.03. The minimum atomic E-state index is -0.363. The summed E-state index contributed by atoms with van der Waals surface area (Å²) in [6.07, 6.45) is 0.724. The fraction of sp³-hybridized carbons (Fsp3) is 0.562. The molecule has 1 amide bonds. The van der Waals surface area contributed by atoms with Gasteiger partial charge in [0.25, 0.3) is 0 Å². The van der Waals surface area contributed by atoms with Crippen molar-refractivity contribution in [2.45, 2.75) is 18.9 Å². The Bertz CT molecular complexity index is 541. The van der Waals surface area contributed by atoms with E-state index >= 15 is 0 Å². The number of β-amino-alcohol motifs (C(OH)–C–C–N with tert-alkyl or cyclic N) is 1. The third-order valence-corrected chi connectivity index (χ3v) is 4.11. The third kappa shape index (κ3) is 4.73. The van der Waals surface area contributed by atoms with Crippen molar-refractivity contribution in [3.8, 4) is 11.5 Å². The molecule has 0 bridgehead atoms. The number of aryl methyl sites for hydroxylation is 1. The van der Waals surface area contributed by atoms with E-state index in [9.17, 15) is 9.90 Å². The van der Waals surface area contributed by atoms with Crippen molar-refractivity contribution in [3.05, 3.63) is 23.8 Å². The lowest BCUT2D eigenvalue weighted by Gasteiger charge is -2.19. The number of hydrogen-bond donors (Lipinski definition) is 3. The van der Waals surface area contributed by atoms with Gasteiger partial charge in [0.1, 0.15) is 13.2 Å². The zero-order valence-electron chi connectivity index (χ0n) is 12.9. The van der Waals surface area contributed by atoms with E-state index in [0.29, 0.717) is 39.1 Å². The summed E-state index contributed by atoms with van der Waals surface area (Å²) in [6, 6.07) is 5.79. The molecule has 1 aromatic rings. The molecule has 7 heteroatoms. The Kier molecular flexibility index (Phi) is 6.50. The van der Waals surface area contributed by atoms with Gasteiger partial charge in [-0.3, -0.25) is 4.79 Å². The SMILES string of the molecule is Cl.O=C(CCc1ccc2c(c1)OCCO2)NCC1CNCC1O. The lowest BCUT2D eigenvalue weighted by atomic mass is 10.1. The second-order valence-corrected chi connectivity index (χ2v) is 5.77. The number of carbonyl (C=O) groups excluding carboxylic acids is 1. The molecule has 2 atom stereocenters. The zero-order chi connectivity index (χ0) is 15.4. The molecule has 2 aliphatic heterocycles. The molecular weight excluding hydrogens is 320 g/mol. The molecule has 3 rings (SSSR count). The highest BCUT2D eigenvalue weighted by molar-refractivity contribution is 5.85. The van der Waals surface area contributed by atoms with E-state index in [-0.39, 0.29) is 30.3 Å². The number of halogens is 1. The minimum Gasteiger partial charge on any atom is -0.486 e. The summed E-state index contributed by atoms with van der Waals surface area (Å²) in [5.41, 5.74) is 1.06. The summed E-state index contributed by atoms with van der Waals surface area (Å²) in [5, 5.41) is 15.7. The zero-order valence-corrected chi connectivity index (χ0v) is 13.7. The standard InChI is InChI=1S/C16H22N2O4.ClH/c19-13-10-17-8-12(13)9-18-16(20)4-2-11-1-3-14-15(7-11)22-6-5-21-14;/h1,3,7,12-13,17,19H,2,4-6,8-10H2,(H,18,20);1H. The van der Waals surface area contributed by atoms with Crippen LogP contribution in [0.5, 0.6) is 11.5 Å². The average molecular weight is 343 g/mol. The molecule has 2 aliphatic rings. The van der Waals surface area contributed by atoms with Crippen LogP contribution in [0, 0.1) is 5.92 Å². The van der Waals surface area contributed by atoms with Gasteiger partial charge in [0, 0.05) is 32.0 Å². The molecule has 1 saturated heterocycles. The number of benzene rings is 1. The third-order valence-electron chi connectivity index (χ3n) is 4.11. The second kappa shape index (κ2) is 8.38. The van der Waals surface area contributed by atoms with Crippen LogP contribution in [0.15, 0.2) is 18.2 Å². The quantitative estimate of drug-likeness (QED) is 0.726. The molecule has 0 saturated carbocycles. The molecule has 23 heavy (non-hydrogen) atoms. The minimum absolute atomic E-state index is 0. The molecule has 1 aromatic carbocycles. The lowest BCUT2D eigenvalue weighted by Crippen LogP contribution is -2.34. The monoisotopic (exact) mass is 342 g/mol. The van der Waals surface area contributed by atoms with Gasteiger partial charge in [-0.15, -0.1) is 12.4 Å². The van der Waals surface area contributed by atoms with E-state index in [1.807, 2.05) is 18.2 Å². The maximum atomic E-state index is 11.9. The number of carbonyl (C=O) groups is 1. The molecule has 0 aliphatic carbocycles. The van der Waals surface area contributed by atoms with Gasteiger partial charge in [-0.1, -0.05) is 6.07 Å². The highest BCUT2D eigenvalue weighted by Gasteiger charge is 2.24. The second-order valence-electron chi connectivity index (χ2n) is 5.77. The summed E-state index contributed by atoms with van der Waals surface area (Å²) >= 11 is 0. The van der Waals surface area contributed by atoms with Gasteiger partial charge in [-0.2, -0.15) is 0 Å². The number of aliphatic hydroxyl groups is 1. The molecule has 1 fully saturated rings. The number of amides is 1. The Morgan fingerprint density at radius 1 is 1.26 bits per heavy atom. The number of fused-ring (bicyclic) bond motifs is 1. The van der Waals surface area contributed by atoms with Crippen LogP contribution in [0.2, 0.25) is 0 Å². The molecular formula is C16H23ClN2O4. The van der Waals surface area contributed by atoms with Gasteiger partial charge in [0.15, 0.2) is 11.5 Å². The summed E-state index contributed by atoms with van der Waals surface area (Å²) in [7, 11) is 0. The smallest absolute Gasteiger partial charge is 0.220 e. The first-order chi connectivity index (χ1) is 10.7. The topological polar surface area (TPSA) is 79.8 Å². The van der Waals surface area contributed by atoms with Gasteiger partial charge in [0.05, 0.1) is 6.10 Å². The lowest BCUT2D eigenvalue weighted by molar-refractivity contribution is -0.121. The number of nitrogens with one attached hydrogen (secondary N) is 2. The maximum absolute atomic E-state index is 11.9. The first-order valence-corrected chi connectivity index (χ1v) is 7.76. The Hall–Kier alpha value is -1.50. The van der Waals surface area contributed by atoms with E-state index in [2.05, 4.69) is 10.6 Å². The van der Waals surface area contributed by atoms with E-state index in [1.54, 1.807) is 0 Å². The number of hydrogen-bond acceptors (Lipinski definition) is 5. The van der Waals surface area contributed by atoms with Gasteiger partial charge < -0.3 is 25.2 Å². The van der Waals surface area contributed by atoms with Crippen LogP contribution >= 0.6 is 12.4 Å². The Morgan fingerprint density at radius 2 is 2.04 bits per heavy atom. The molecule has 6 nitrogen and oxygen atoms in total. The van der Waals surface area contributed by atoms with Crippen LogP contribution in [0.4, 0.5) is 0 Å². The van der Waals surface area contributed by atoms with Crippen LogP contribution in [-0.2, 0) is 11.2 Å². The van der Waals surface area contributed by atoms with Crippen molar-refractivity contribution >= 4 is 18.3 Å². The van der Waals surface area contributed by atoms with Crippen molar-refractivity contribution in [1.82, 2.24) is 10.6 Å². The Balaban J connectivity index is 0.00000192. The normalized spacial score (nSPS) is 22.3. The summed E-state index contributed by atoms with van der Waals surface area (Å²) in [4.78, 5) is 11.9. The molecule has 3 N–H and O–H groups in total. The van der Waals surface area contributed by atoms with E-state index < -0.39 is 0 Å². The van der Waals surface area contributed by atoms with Crippen molar-refractivity contribution in [3.63, 3.8) is 0 Å². The predicted octanol–water partition coefficient (Wildman–Crippen LogP) is 0.509. The maximum Gasteiger partial charge on any atom is 0.220 e. The first-order valence-electron chi connectivity index (χ1n) is 7.76. The van der Waals surface area contributed by atoms with E-state index in [1.165, 1.54) is 0 Å². The van der Waals surface area contributed by atoms with Gasteiger partial charge in [0.2, 0.25) is 5.91 Å². The van der Waals surface area contributed by atoms with Crippen molar-refractivity contribution in [2.24, 2.45) is 5.92 Å². The first kappa shape index (κ1) is 17.8. The Morgan fingerprint density at radius 3 is 2.78 bits per heavy atom. The van der Waals surface area contributed by atoms with Crippen molar-refractivity contribution < 1.29 is 19.4 Å². The average Bonchev–Trinajstić information content (AvgIpc) is 2.96. The fourth-order valence-electron chi connectivity index (χ4n) is 2.76. The van der Waals surface area contributed by atoms with Crippen LogP contribution in [0.1, 0.15) is 12.0 Å². The predicted molar refractivity (Wildman–Crippen MR) is 88.4 cm³/mol. The van der Waals surface area contributed by atoms with Crippen LogP contribution in [0.25, 0.3) is 0 Å². The number of rotatable bonds is 5. The van der Waals surface area contributed by atoms with Gasteiger partial charge >= 0.3 is 0 Å². The Labute approximate surface area is 142 Å². The highest BCUT2D eigenvalue weighted by atomic mass is 35.5. The largest absolute Gasteiger partial charge is 0.486 e. The summed E-state index contributed by atoms with van der Waals surface area (Å²) < 4.78 is 11.0. The number of aliphatic hydroxyl groups excluding tert-OH is 1. The molecule has 0 radical (unpaired) electrons. The van der Waals surface area contributed by atoms with Crippen molar-refractivity contribution in [2.75, 3.05) is 32.8 Å². The van der Waals surface area contributed by atoms with Gasteiger partial charge in [-0.25, -0.2) is 0 Å². The molecule has 2 unspecified atom stereocenters. The molecule has 0 aromatic heterocycles. The van der Waals surface area contributed by atoms with Crippen LogP contribution in [-0.4, -0.2) is 50.0 Å². The van der Waals surface area contributed by atoms with Gasteiger partial charge in [-0.05, 0) is 24.1 Å². The molecule has 128 valence electrons. The van der Waals surface area contributed by atoms with Crippen LogP contribution < -0.4 is 20.1 Å².